The van der Waals surface area contributed by atoms with E-state index in [0.29, 0.717) is 6.61 Å². The van der Waals surface area contributed by atoms with Crippen molar-refractivity contribution in [2.45, 2.75) is 52.4 Å². The zero-order valence-corrected chi connectivity index (χ0v) is 11.6. The zero-order valence-electron chi connectivity index (χ0n) is 11.6. The summed E-state index contributed by atoms with van der Waals surface area (Å²) in [4.78, 5) is 2.61. The van der Waals surface area contributed by atoms with Crippen LogP contribution in [0.25, 0.3) is 0 Å². The smallest absolute Gasteiger partial charge is 0.0499 e. The summed E-state index contributed by atoms with van der Waals surface area (Å²) in [5, 5.41) is 9.66. The van der Waals surface area contributed by atoms with Crippen molar-refractivity contribution in [2.75, 3.05) is 26.2 Å². The molecule has 1 saturated heterocycles. The van der Waals surface area contributed by atoms with E-state index < -0.39 is 0 Å². The molecule has 0 unspecified atom stereocenters. The first-order chi connectivity index (χ1) is 8.15. The highest BCUT2D eigenvalue weighted by Crippen LogP contribution is 2.39. The third kappa shape index (κ3) is 3.23. The number of piperidine rings is 1. The molecule has 0 aromatic carbocycles. The first-order valence-corrected chi connectivity index (χ1v) is 7.48. The van der Waals surface area contributed by atoms with Gasteiger partial charge >= 0.3 is 0 Å². The van der Waals surface area contributed by atoms with Crippen molar-refractivity contribution >= 4 is 0 Å². The third-order valence-corrected chi connectivity index (χ3v) is 5.13. The number of aliphatic hydroxyl groups excluding tert-OH is 1. The van der Waals surface area contributed by atoms with Gasteiger partial charge in [0.1, 0.15) is 0 Å². The topological polar surface area (TPSA) is 23.5 Å². The fourth-order valence-corrected chi connectivity index (χ4v) is 3.74. The third-order valence-electron chi connectivity index (χ3n) is 5.13. The number of rotatable bonds is 4. The lowest BCUT2D eigenvalue weighted by Gasteiger charge is -2.39. The Hall–Kier alpha value is -0.0800. The van der Waals surface area contributed by atoms with Crippen molar-refractivity contribution < 1.29 is 5.11 Å². The van der Waals surface area contributed by atoms with E-state index >= 15 is 0 Å². The standard InChI is InChI=1S/C15H29NO/c1-13(2)14-5-9-16(10-6-14)11-15(12-17)7-3-4-8-15/h13-14,17H,3-12H2,1-2H3. The Morgan fingerprint density at radius 1 is 1.18 bits per heavy atom. The van der Waals surface area contributed by atoms with Gasteiger partial charge in [-0.25, -0.2) is 0 Å². The van der Waals surface area contributed by atoms with E-state index in [9.17, 15) is 5.11 Å². The summed E-state index contributed by atoms with van der Waals surface area (Å²) < 4.78 is 0. The van der Waals surface area contributed by atoms with Gasteiger partial charge in [-0.1, -0.05) is 26.7 Å². The number of hydrogen-bond acceptors (Lipinski definition) is 2. The maximum Gasteiger partial charge on any atom is 0.0499 e. The van der Waals surface area contributed by atoms with Gasteiger partial charge in [-0.05, 0) is 50.6 Å². The summed E-state index contributed by atoms with van der Waals surface area (Å²) in [7, 11) is 0. The lowest BCUT2D eigenvalue weighted by Crippen LogP contribution is -2.43. The van der Waals surface area contributed by atoms with Gasteiger partial charge < -0.3 is 10.0 Å². The van der Waals surface area contributed by atoms with Crippen LogP contribution in [-0.4, -0.2) is 36.2 Å². The molecular weight excluding hydrogens is 210 g/mol. The molecule has 100 valence electrons. The summed E-state index contributed by atoms with van der Waals surface area (Å²) in [6, 6.07) is 0. The lowest BCUT2D eigenvalue weighted by atomic mass is 9.83. The maximum absolute atomic E-state index is 9.66. The van der Waals surface area contributed by atoms with Gasteiger partial charge in [-0.2, -0.15) is 0 Å². The van der Waals surface area contributed by atoms with Crippen LogP contribution >= 0.6 is 0 Å². The van der Waals surface area contributed by atoms with Crippen molar-refractivity contribution in [2.24, 2.45) is 17.3 Å². The number of hydrogen-bond donors (Lipinski definition) is 1. The Bertz CT molecular complexity index is 225. The molecule has 0 atom stereocenters. The summed E-state index contributed by atoms with van der Waals surface area (Å²) in [6.07, 6.45) is 7.85. The summed E-state index contributed by atoms with van der Waals surface area (Å²) in [5.41, 5.74) is 0.255. The molecule has 0 radical (unpaired) electrons. The van der Waals surface area contributed by atoms with Crippen LogP contribution < -0.4 is 0 Å². The average Bonchev–Trinajstić information content (AvgIpc) is 2.79. The number of aliphatic hydroxyl groups is 1. The van der Waals surface area contributed by atoms with Crippen LogP contribution in [0, 0.1) is 17.3 Å². The highest BCUT2D eigenvalue weighted by Gasteiger charge is 2.35. The monoisotopic (exact) mass is 239 g/mol. The fraction of sp³-hybridized carbons (Fsp3) is 1.00. The molecular formula is C15H29NO. The minimum atomic E-state index is 0.255. The molecule has 2 aliphatic rings. The normalized spacial score (nSPS) is 26.8. The van der Waals surface area contributed by atoms with Crippen molar-refractivity contribution in [3.8, 4) is 0 Å². The Morgan fingerprint density at radius 3 is 2.24 bits per heavy atom. The first kappa shape index (κ1) is 13.4. The first-order valence-electron chi connectivity index (χ1n) is 7.48. The van der Waals surface area contributed by atoms with Gasteiger partial charge in [-0.3, -0.25) is 0 Å². The van der Waals surface area contributed by atoms with Crippen LogP contribution in [0.4, 0.5) is 0 Å². The van der Waals surface area contributed by atoms with E-state index in [1.807, 2.05) is 0 Å². The highest BCUT2D eigenvalue weighted by atomic mass is 16.3. The Balaban J connectivity index is 1.81. The van der Waals surface area contributed by atoms with Crippen LogP contribution in [0.1, 0.15) is 52.4 Å². The van der Waals surface area contributed by atoms with E-state index in [4.69, 9.17) is 0 Å². The van der Waals surface area contributed by atoms with Crippen molar-refractivity contribution in [1.82, 2.24) is 4.90 Å². The van der Waals surface area contributed by atoms with E-state index in [-0.39, 0.29) is 5.41 Å². The fourth-order valence-electron chi connectivity index (χ4n) is 3.74. The Morgan fingerprint density at radius 2 is 1.76 bits per heavy atom. The maximum atomic E-state index is 9.66. The van der Waals surface area contributed by atoms with Gasteiger partial charge in [0.2, 0.25) is 0 Å². The molecule has 1 heterocycles. The lowest BCUT2D eigenvalue weighted by molar-refractivity contribution is 0.0559. The van der Waals surface area contributed by atoms with Crippen LogP contribution in [0.5, 0.6) is 0 Å². The van der Waals surface area contributed by atoms with Crippen LogP contribution in [0.15, 0.2) is 0 Å². The molecule has 1 aliphatic carbocycles. The molecule has 0 bridgehead atoms. The summed E-state index contributed by atoms with van der Waals surface area (Å²) >= 11 is 0. The Labute approximate surface area is 106 Å². The van der Waals surface area contributed by atoms with E-state index in [1.165, 1.54) is 51.6 Å². The van der Waals surface area contributed by atoms with E-state index in [2.05, 4.69) is 18.7 Å². The molecule has 17 heavy (non-hydrogen) atoms. The van der Waals surface area contributed by atoms with Crippen LogP contribution in [0.2, 0.25) is 0 Å². The van der Waals surface area contributed by atoms with Crippen LogP contribution in [0.3, 0.4) is 0 Å². The molecule has 0 spiro atoms. The van der Waals surface area contributed by atoms with Crippen molar-refractivity contribution in [3.63, 3.8) is 0 Å². The number of nitrogens with zero attached hydrogens (tertiary/aromatic N) is 1. The van der Waals surface area contributed by atoms with E-state index in [1.54, 1.807) is 0 Å². The largest absolute Gasteiger partial charge is 0.396 e. The average molecular weight is 239 g/mol. The summed E-state index contributed by atoms with van der Waals surface area (Å²) in [5.74, 6) is 1.77. The molecule has 0 aromatic rings. The van der Waals surface area contributed by atoms with Gasteiger partial charge in [0.05, 0.1) is 0 Å². The minimum absolute atomic E-state index is 0.255. The zero-order chi connectivity index (χ0) is 12.3. The van der Waals surface area contributed by atoms with E-state index in [0.717, 1.165) is 18.4 Å². The molecule has 2 rings (SSSR count). The number of likely N-dealkylation sites (tertiary alicyclic amines) is 1. The molecule has 1 aliphatic heterocycles. The molecule has 1 N–H and O–H groups in total. The Kier molecular flexibility index (Phi) is 4.48. The van der Waals surface area contributed by atoms with Crippen molar-refractivity contribution in [3.05, 3.63) is 0 Å². The second-order valence-corrected chi connectivity index (χ2v) is 6.72. The molecule has 0 aromatic heterocycles. The van der Waals surface area contributed by atoms with Crippen molar-refractivity contribution in [1.29, 1.82) is 0 Å². The molecule has 1 saturated carbocycles. The van der Waals surface area contributed by atoms with Gasteiger partial charge in [0, 0.05) is 18.6 Å². The summed E-state index contributed by atoms with van der Waals surface area (Å²) in [6.45, 7) is 8.76. The minimum Gasteiger partial charge on any atom is -0.396 e. The molecule has 0 amide bonds. The van der Waals surface area contributed by atoms with Gasteiger partial charge in [0.25, 0.3) is 0 Å². The second-order valence-electron chi connectivity index (χ2n) is 6.72. The van der Waals surface area contributed by atoms with Gasteiger partial charge in [-0.15, -0.1) is 0 Å². The predicted octanol–water partition coefficient (Wildman–Crippen LogP) is 2.91. The molecule has 2 heteroatoms. The molecule has 2 nitrogen and oxygen atoms in total. The van der Waals surface area contributed by atoms with Crippen LogP contribution in [-0.2, 0) is 0 Å². The second kappa shape index (κ2) is 5.71. The molecule has 2 fully saturated rings. The quantitative estimate of drug-likeness (QED) is 0.815. The predicted molar refractivity (Wildman–Crippen MR) is 72.0 cm³/mol. The SMILES string of the molecule is CC(C)C1CCN(CC2(CO)CCCC2)CC1. The highest BCUT2D eigenvalue weighted by molar-refractivity contribution is 4.88. The van der Waals surface area contributed by atoms with Gasteiger partial charge in [0.15, 0.2) is 0 Å².